The zero-order valence-electron chi connectivity index (χ0n) is 12.5. The number of piperazine rings is 1. The molecular weight excluding hydrogens is 316 g/mol. The second-order valence-electron chi connectivity index (χ2n) is 5.70. The number of halogens is 1. The van der Waals surface area contributed by atoms with E-state index in [-0.39, 0.29) is 30.4 Å². The highest BCUT2D eigenvalue weighted by atomic mass is 35.5. The fourth-order valence-electron chi connectivity index (χ4n) is 2.77. The van der Waals surface area contributed by atoms with Gasteiger partial charge in [-0.25, -0.2) is 0 Å². The van der Waals surface area contributed by atoms with Crippen LogP contribution in [0.2, 0.25) is 0 Å². The molecule has 2 aliphatic heterocycles. The molecule has 9 heteroatoms. The van der Waals surface area contributed by atoms with Gasteiger partial charge in [0.2, 0.25) is 5.91 Å². The summed E-state index contributed by atoms with van der Waals surface area (Å²) >= 11 is 0. The first-order valence-electron chi connectivity index (χ1n) is 7.18. The highest BCUT2D eigenvalue weighted by molar-refractivity contribution is 7.87. The molecule has 7 nitrogen and oxygen atoms in total. The van der Waals surface area contributed by atoms with Gasteiger partial charge < -0.3 is 10.2 Å². The lowest BCUT2D eigenvalue weighted by Crippen LogP contribution is -2.58. The summed E-state index contributed by atoms with van der Waals surface area (Å²) in [7, 11) is -3.44. The van der Waals surface area contributed by atoms with Crippen molar-refractivity contribution in [1.82, 2.24) is 19.2 Å². The Kier molecular flexibility index (Phi) is 6.86. The van der Waals surface area contributed by atoms with Crippen LogP contribution < -0.4 is 10.0 Å². The first-order chi connectivity index (χ1) is 9.40. The molecule has 2 heterocycles. The molecule has 2 fully saturated rings. The van der Waals surface area contributed by atoms with Crippen LogP contribution in [-0.4, -0.2) is 68.3 Å². The lowest BCUT2D eigenvalue weighted by molar-refractivity contribution is -0.135. The Morgan fingerprint density at radius 3 is 2.67 bits per heavy atom. The molecule has 2 aliphatic rings. The van der Waals surface area contributed by atoms with Crippen LogP contribution in [0.4, 0.5) is 0 Å². The predicted molar refractivity (Wildman–Crippen MR) is 83.6 cm³/mol. The van der Waals surface area contributed by atoms with Gasteiger partial charge >= 0.3 is 0 Å². The van der Waals surface area contributed by atoms with Crippen LogP contribution in [0.3, 0.4) is 0 Å². The lowest BCUT2D eigenvalue weighted by Gasteiger charge is -2.40. The van der Waals surface area contributed by atoms with Crippen molar-refractivity contribution in [3.63, 3.8) is 0 Å². The monoisotopic (exact) mass is 340 g/mol. The summed E-state index contributed by atoms with van der Waals surface area (Å²) in [6.45, 7) is 6.33. The van der Waals surface area contributed by atoms with E-state index in [1.54, 1.807) is 13.8 Å². The van der Waals surface area contributed by atoms with Gasteiger partial charge in [-0.15, -0.1) is 12.4 Å². The molecule has 0 aromatic heterocycles. The lowest BCUT2D eigenvalue weighted by atomic mass is 10.1. The van der Waals surface area contributed by atoms with Crippen molar-refractivity contribution in [2.75, 3.05) is 32.7 Å². The minimum Gasteiger partial charge on any atom is -0.336 e. The third-order valence-electron chi connectivity index (χ3n) is 3.65. The fraction of sp³-hybridized carbons (Fsp3) is 0.917. The minimum atomic E-state index is -3.44. The first kappa shape index (κ1) is 18.6. The largest absolute Gasteiger partial charge is 0.336 e. The second-order valence-corrected chi connectivity index (χ2v) is 7.40. The maximum atomic E-state index is 12.2. The molecule has 1 unspecified atom stereocenters. The van der Waals surface area contributed by atoms with E-state index >= 15 is 0 Å². The van der Waals surface area contributed by atoms with Crippen molar-refractivity contribution in [2.45, 2.75) is 38.8 Å². The standard InChI is InChI=1S/C12H24N4O3S.ClH/c1-10(2)14-20(18,19)15-6-3-4-11(9-15)16-7-5-13-8-12(16)17;/h10-11,13-14H,3-9H2,1-2H3;1H. The summed E-state index contributed by atoms with van der Waals surface area (Å²) in [5.41, 5.74) is 0. The number of piperidine rings is 1. The molecule has 21 heavy (non-hydrogen) atoms. The van der Waals surface area contributed by atoms with Gasteiger partial charge in [-0.1, -0.05) is 0 Å². The molecule has 0 bridgehead atoms. The molecule has 0 aromatic carbocycles. The fourth-order valence-corrected chi connectivity index (χ4v) is 4.26. The highest BCUT2D eigenvalue weighted by Crippen LogP contribution is 2.19. The number of rotatable bonds is 4. The number of carbonyl (C=O) groups excluding carboxylic acids is 1. The average molecular weight is 341 g/mol. The summed E-state index contributed by atoms with van der Waals surface area (Å²) in [5, 5.41) is 3.04. The summed E-state index contributed by atoms with van der Waals surface area (Å²) in [6.07, 6.45) is 1.67. The number of nitrogens with one attached hydrogen (secondary N) is 2. The molecule has 0 saturated carbocycles. The van der Waals surface area contributed by atoms with Crippen LogP contribution in [-0.2, 0) is 15.0 Å². The Morgan fingerprint density at radius 2 is 2.05 bits per heavy atom. The van der Waals surface area contributed by atoms with E-state index < -0.39 is 10.2 Å². The van der Waals surface area contributed by atoms with Crippen molar-refractivity contribution in [3.05, 3.63) is 0 Å². The minimum absolute atomic E-state index is 0. The van der Waals surface area contributed by atoms with E-state index in [0.29, 0.717) is 26.2 Å². The normalized spacial score (nSPS) is 25.0. The molecule has 124 valence electrons. The smallest absolute Gasteiger partial charge is 0.279 e. The summed E-state index contributed by atoms with van der Waals surface area (Å²) in [6, 6.07) is -0.122. The SMILES string of the molecule is CC(C)NS(=O)(=O)N1CCCC(N2CCNCC2=O)C1.Cl. The van der Waals surface area contributed by atoms with Gasteiger partial charge in [0.15, 0.2) is 0 Å². The van der Waals surface area contributed by atoms with Crippen LogP contribution in [0.1, 0.15) is 26.7 Å². The molecular formula is C12H25ClN4O3S. The van der Waals surface area contributed by atoms with E-state index in [2.05, 4.69) is 10.0 Å². The van der Waals surface area contributed by atoms with Crippen molar-refractivity contribution in [1.29, 1.82) is 0 Å². The Morgan fingerprint density at radius 1 is 1.33 bits per heavy atom. The number of hydrogen-bond acceptors (Lipinski definition) is 4. The van der Waals surface area contributed by atoms with E-state index in [1.165, 1.54) is 4.31 Å². The number of amides is 1. The molecule has 2 saturated heterocycles. The number of carbonyl (C=O) groups is 1. The molecule has 0 radical (unpaired) electrons. The summed E-state index contributed by atoms with van der Waals surface area (Å²) in [5.74, 6) is 0.0670. The topological polar surface area (TPSA) is 81.8 Å². The molecule has 0 aliphatic carbocycles. The Hall–Kier alpha value is -0.410. The summed E-state index contributed by atoms with van der Waals surface area (Å²) in [4.78, 5) is 13.7. The zero-order valence-corrected chi connectivity index (χ0v) is 14.2. The summed E-state index contributed by atoms with van der Waals surface area (Å²) < 4.78 is 28.5. The molecule has 0 spiro atoms. The molecule has 1 atom stereocenters. The van der Waals surface area contributed by atoms with Crippen LogP contribution >= 0.6 is 12.4 Å². The Balaban J connectivity index is 0.00000220. The van der Waals surface area contributed by atoms with E-state index in [0.717, 1.165) is 19.4 Å². The molecule has 1 amide bonds. The second kappa shape index (κ2) is 7.73. The van der Waals surface area contributed by atoms with Gasteiger partial charge in [0.25, 0.3) is 10.2 Å². The van der Waals surface area contributed by atoms with E-state index in [9.17, 15) is 13.2 Å². The van der Waals surface area contributed by atoms with Crippen molar-refractivity contribution in [3.8, 4) is 0 Å². The van der Waals surface area contributed by atoms with Crippen LogP contribution in [0.5, 0.6) is 0 Å². The molecule has 0 aromatic rings. The highest BCUT2D eigenvalue weighted by Gasteiger charge is 2.34. The predicted octanol–water partition coefficient (Wildman–Crippen LogP) is -0.453. The van der Waals surface area contributed by atoms with Crippen LogP contribution in [0.25, 0.3) is 0 Å². The Bertz CT molecular complexity index is 457. The van der Waals surface area contributed by atoms with Gasteiger partial charge in [-0.2, -0.15) is 17.4 Å². The zero-order chi connectivity index (χ0) is 14.8. The van der Waals surface area contributed by atoms with Gasteiger partial charge in [-0.05, 0) is 26.7 Å². The molecule has 2 rings (SSSR count). The quantitative estimate of drug-likeness (QED) is 0.726. The maximum absolute atomic E-state index is 12.2. The van der Waals surface area contributed by atoms with Crippen molar-refractivity contribution >= 4 is 28.5 Å². The third-order valence-corrected chi connectivity index (χ3v) is 5.43. The van der Waals surface area contributed by atoms with Crippen LogP contribution in [0, 0.1) is 0 Å². The average Bonchev–Trinajstić information content (AvgIpc) is 2.38. The van der Waals surface area contributed by atoms with E-state index in [4.69, 9.17) is 0 Å². The van der Waals surface area contributed by atoms with Gasteiger partial charge in [0.05, 0.1) is 6.54 Å². The van der Waals surface area contributed by atoms with Crippen molar-refractivity contribution < 1.29 is 13.2 Å². The van der Waals surface area contributed by atoms with Gasteiger partial charge in [0, 0.05) is 38.3 Å². The van der Waals surface area contributed by atoms with Crippen LogP contribution in [0.15, 0.2) is 0 Å². The van der Waals surface area contributed by atoms with Gasteiger partial charge in [-0.3, -0.25) is 4.79 Å². The van der Waals surface area contributed by atoms with Gasteiger partial charge in [0.1, 0.15) is 0 Å². The number of nitrogens with zero attached hydrogens (tertiary/aromatic N) is 2. The first-order valence-corrected chi connectivity index (χ1v) is 8.62. The number of hydrogen-bond donors (Lipinski definition) is 2. The maximum Gasteiger partial charge on any atom is 0.279 e. The van der Waals surface area contributed by atoms with Crippen molar-refractivity contribution in [2.24, 2.45) is 0 Å². The Labute approximate surface area is 133 Å². The molecule has 2 N–H and O–H groups in total. The van der Waals surface area contributed by atoms with E-state index in [1.807, 2.05) is 4.90 Å². The third kappa shape index (κ3) is 4.79.